The molecule has 0 bridgehead atoms. The van der Waals surface area contributed by atoms with Crippen molar-refractivity contribution in [2.45, 2.75) is 49.6 Å². The average Bonchev–Trinajstić information content (AvgIpc) is 3.01. The summed E-state index contributed by atoms with van der Waals surface area (Å²) in [5.41, 5.74) is 0.884. The lowest BCUT2D eigenvalue weighted by molar-refractivity contribution is -0.278. The second-order valence-electron chi connectivity index (χ2n) is 6.35. The van der Waals surface area contributed by atoms with Gasteiger partial charge < -0.3 is 29.9 Å². The normalized spacial score (nSPS) is 37.5. The highest BCUT2D eigenvalue weighted by Crippen LogP contribution is 2.35. The van der Waals surface area contributed by atoms with Crippen molar-refractivity contribution in [2.24, 2.45) is 0 Å². The smallest absolute Gasteiger partial charge is 0.231 e. The predicted molar refractivity (Wildman–Crippen MR) is 83.2 cm³/mol. The predicted octanol–water partition coefficient (Wildman–Crippen LogP) is -0.973. The van der Waals surface area contributed by atoms with Crippen molar-refractivity contribution in [1.82, 2.24) is 9.88 Å². The van der Waals surface area contributed by atoms with Crippen LogP contribution in [0.25, 0.3) is 0 Å². The van der Waals surface area contributed by atoms with Crippen LogP contribution >= 0.6 is 0 Å². The molecular formula is C16H24N2O6. The number of hydrogen-bond donors (Lipinski definition) is 4. The summed E-state index contributed by atoms with van der Waals surface area (Å²) in [5.74, 6) is 0.320. The van der Waals surface area contributed by atoms with Crippen LogP contribution in [-0.4, -0.2) is 81.2 Å². The number of aromatic nitrogens is 1. The maximum absolute atomic E-state index is 10.1. The number of ether oxygens (including phenoxy) is 2. The van der Waals surface area contributed by atoms with Crippen LogP contribution in [0.1, 0.15) is 24.4 Å². The first-order valence-electron chi connectivity index (χ1n) is 8.15. The van der Waals surface area contributed by atoms with E-state index in [1.807, 2.05) is 19.2 Å². The fraction of sp³-hybridized carbons (Fsp3) is 0.688. The molecule has 0 saturated carbocycles. The Balaban J connectivity index is 1.80. The maximum Gasteiger partial charge on any atom is 0.231 e. The van der Waals surface area contributed by atoms with E-state index < -0.39 is 37.3 Å². The monoisotopic (exact) mass is 340 g/mol. The summed E-state index contributed by atoms with van der Waals surface area (Å²) in [5, 5.41) is 39.1. The molecule has 1 aromatic heterocycles. The lowest BCUT2D eigenvalue weighted by atomic mass is 9.99. The third-order valence-corrected chi connectivity index (χ3v) is 4.76. The van der Waals surface area contributed by atoms with Crippen LogP contribution < -0.4 is 4.74 Å². The van der Waals surface area contributed by atoms with E-state index in [1.54, 1.807) is 6.20 Å². The average molecular weight is 340 g/mol. The third-order valence-electron chi connectivity index (χ3n) is 4.76. The largest absolute Gasteiger partial charge is 0.445 e. The van der Waals surface area contributed by atoms with Crippen LogP contribution in [0.4, 0.5) is 0 Å². The zero-order valence-corrected chi connectivity index (χ0v) is 13.5. The zero-order chi connectivity index (χ0) is 17.3. The molecule has 6 atom stereocenters. The summed E-state index contributed by atoms with van der Waals surface area (Å²) >= 11 is 0. The molecule has 8 heteroatoms. The molecule has 0 unspecified atom stereocenters. The van der Waals surface area contributed by atoms with Gasteiger partial charge in [-0.2, -0.15) is 0 Å². The number of rotatable bonds is 4. The fourth-order valence-corrected chi connectivity index (χ4v) is 3.33. The van der Waals surface area contributed by atoms with Crippen molar-refractivity contribution in [3.8, 4) is 5.88 Å². The molecule has 0 spiro atoms. The highest BCUT2D eigenvalue weighted by atomic mass is 16.7. The molecule has 3 heterocycles. The van der Waals surface area contributed by atoms with Crippen molar-refractivity contribution in [3.63, 3.8) is 0 Å². The van der Waals surface area contributed by atoms with E-state index in [2.05, 4.69) is 9.88 Å². The molecule has 0 radical (unpaired) electrons. The Kier molecular flexibility index (Phi) is 5.33. The molecule has 2 aliphatic rings. The minimum absolute atomic E-state index is 0.165. The van der Waals surface area contributed by atoms with E-state index in [4.69, 9.17) is 9.47 Å². The summed E-state index contributed by atoms with van der Waals surface area (Å²) in [4.78, 5) is 6.44. The third kappa shape index (κ3) is 3.26. The molecule has 4 N–H and O–H groups in total. The van der Waals surface area contributed by atoms with Crippen molar-refractivity contribution in [2.75, 3.05) is 20.2 Å². The molecule has 24 heavy (non-hydrogen) atoms. The number of aliphatic hydroxyl groups is 4. The molecule has 2 saturated heterocycles. The molecule has 2 aliphatic heterocycles. The first-order chi connectivity index (χ1) is 11.5. The van der Waals surface area contributed by atoms with Crippen molar-refractivity contribution in [3.05, 3.63) is 23.9 Å². The summed E-state index contributed by atoms with van der Waals surface area (Å²) in [6.45, 7) is 0.490. The Bertz CT molecular complexity index is 557. The molecular weight excluding hydrogens is 316 g/mol. The van der Waals surface area contributed by atoms with E-state index in [-0.39, 0.29) is 6.04 Å². The van der Waals surface area contributed by atoms with Crippen LogP contribution in [0.5, 0.6) is 5.88 Å². The summed E-state index contributed by atoms with van der Waals surface area (Å²) in [7, 11) is 2.03. The number of aliphatic hydroxyl groups excluding tert-OH is 4. The van der Waals surface area contributed by atoms with Gasteiger partial charge in [-0.1, -0.05) is 6.07 Å². The van der Waals surface area contributed by atoms with Crippen molar-refractivity contribution < 1.29 is 29.9 Å². The Morgan fingerprint density at radius 1 is 1.29 bits per heavy atom. The van der Waals surface area contributed by atoms with Gasteiger partial charge >= 0.3 is 0 Å². The van der Waals surface area contributed by atoms with Gasteiger partial charge in [0.1, 0.15) is 24.4 Å². The van der Waals surface area contributed by atoms with Gasteiger partial charge in [0.15, 0.2) is 0 Å². The first-order valence-corrected chi connectivity index (χ1v) is 8.15. The van der Waals surface area contributed by atoms with Gasteiger partial charge in [-0.15, -0.1) is 0 Å². The highest BCUT2D eigenvalue weighted by molar-refractivity contribution is 5.30. The highest BCUT2D eigenvalue weighted by Gasteiger charge is 2.45. The van der Waals surface area contributed by atoms with Crippen LogP contribution in [0, 0.1) is 0 Å². The standard InChI is InChI=1S/C16H24N2O6/c1-18-7-3-5-10(18)9-4-2-6-17-15(9)24-16-14(22)13(21)12(20)11(8-19)23-16/h2,4,6,10-14,16,19-22H,3,5,7-8H2,1H3/t10-,11-,12-,13+,14-,16+/m1/s1. The van der Waals surface area contributed by atoms with E-state index in [9.17, 15) is 20.4 Å². The summed E-state index contributed by atoms with van der Waals surface area (Å²) in [6.07, 6.45) is -2.91. The minimum atomic E-state index is -1.47. The molecule has 8 nitrogen and oxygen atoms in total. The van der Waals surface area contributed by atoms with Crippen molar-refractivity contribution in [1.29, 1.82) is 0 Å². The summed E-state index contributed by atoms with van der Waals surface area (Å²) < 4.78 is 11.1. The number of pyridine rings is 1. The number of nitrogens with zero attached hydrogens (tertiary/aromatic N) is 2. The number of hydrogen-bond acceptors (Lipinski definition) is 8. The van der Waals surface area contributed by atoms with Gasteiger partial charge in [-0.3, -0.25) is 4.90 Å². The molecule has 2 fully saturated rings. The topological polar surface area (TPSA) is 116 Å². The van der Waals surface area contributed by atoms with Gasteiger partial charge in [0.05, 0.1) is 6.61 Å². The van der Waals surface area contributed by atoms with Crippen LogP contribution in [0.3, 0.4) is 0 Å². The Labute approximate surface area is 140 Å². The van der Waals surface area contributed by atoms with Gasteiger partial charge in [-0.05, 0) is 32.5 Å². The van der Waals surface area contributed by atoms with Crippen LogP contribution in [-0.2, 0) is 4.74 Å². The first kappa shape index (κ1) is 17.5. The van der Waals surface area contributed by atoms with E-state index in [0.717, 1.165) is 24.9 Å². The van der Waals surface area contributed by atoms with E-state index in [0.29, 0.717) is 5.88 Å². The quantitative estimate of drug-likeness (QED) is 0.553. The zero-order valence-electron chi connectivity index (χ0n) is 13.5. The molecule has 1 aromatic rings. The van der Waals surface area contributed by atoms with Crippen LogP contribution in [0.2, 0.25) is 0 Å². The molecule has 3 rings (SSSR count). The van der Waals surface area contributed by atoms with Gasteiger partial charge in [0.2, 0.25) is 12.2 Å². The molecule has 0 amide bonds. The van der Waals surface area contributed by atoms with Gasteiger partial charge in [0.25, 0.3) is 0 Å². The summed E-state index contributed by atoms with van der Waals surface area (Å²) in [6, 6.07) is 3.90. The van der Waals surface area contributed by atoms with E-state index in [1.165, 1.54) is 0 Å². The van der Waals surface area contributed by atoms with Crippen LogP contribution in [0.15, 0.2) is 18.3 Å². The lowest BCUT2D eigenvalue weighted by Gasteiger charge is -2.39. The second-order valence-corrected chi connectivity index (χ2v) is 6.35. The van der Waals surface area contributed by atoms with Gasteiger partial charge in [0, 0.05) is 17.8 Å². The minimum Gasteiger partial charge on any atom is -0.445 e. The Morgan fingerprint density at radius 3 is 2.75 bits per heavy atom. The fourth-order valence-electron chi connectivity index (χ4n) is 3.33. The molecule has 134 valence electrons. The lowest BCUT2D eigenvalue weighted by Crippen LogP contribution is -2.60. The SMILES string of the molecule is CN1CCC[C@@H]1c1cccnc1O[C@@H]1O[C@H](CO)[C@@H](O)[C@H](O)[C@H]1O. The van der Waals surface area contributed by atoms with Crippen molar-refractivity contribution >= 4 is 0 Å². The molecule has 0 aromatic carbocycles. The molecule has 0 aliphatic carbocycles. The number of likely N-dealkylation sites (tertiary alicyclic amines) is 1. The maximum atomic E-state index is 10.1. The second kappa shape index (κ2) is 7.30. The Hall–Kier alpha value is -1.29. The van der Waals surface area contributed by atoms with E-state index >= 15 is 0 Å². The van der Waals surface area contributed by atoms with Gasteiger partial charge in [-0.25, -0.2) is 4.98 Å². The Morgan fingerprint density at radius 2 is 2.08 bits per heavy atom.